The lowest BCUT2D eigenvalue weighted by Gasteiger charge is -2.11. The molecule has 0 aliphatic carbocycles. The third kappa shape index (κ3) is 3.23. The first-order valence-corrected chi connectivity index (χ1v) is 6.08. The van der Waals surface area contributed by atoms with Gasteiger partial charge in [-0.2, -0.15) is 0 Å². The molecule has 1 saturated heterocycles. The summed E-state index contributed by atoms with van der Waals surface area (Å²) in [6.45, 7) is 1.25. The Kier molecular flexibility index (Phi) is 3.33. The second-order valence-corrected chi connectivity index (χ2v) is 4.27. The minimum atomic E-state index is -0.331. The molecule has 3 nitrogen and oxygen atoms in total. The Bertz CT molecular complexity index is 567. The van der Waals surface area contributed by atoms with Crippen molar-refractivity contribution in [3.05, 3.63) is 54.3 Å². The van der Waals surface area contributed by atoms with Gasteiger partial charge in [0.2, 0.25) is 0 Å². The minimum Gasteiger partial charge on any atom is -0.487 e. The van der Waals surface area contributed by atoms with Crippen molar-refractivity contribution in [1.29, 1.82) is 0 Å². The quantitative estimate of drug-likeness (QED) is 0.772. The highest BCUT2D eigenvalue weighted by Gasteiger charge is 2.23. The SMILES string of the molecule is Fc1cccc(Oc2ccccc2OC[C@@H]2CO2)c1. The average Bonchev–Trinajstić information content (AvgIpc) is 3.22. The van der Waals surface area contributed by atoms with E-state index in [9.17, 15) is 4.39 Å². The van der Waals surface area contributed by atoms with Crippen molar-refractivity contribution >= 4 is 0 Å². The first kappa shape index (κ1) is 12.0. The van der Waals surface area contributed by atoms with Gasteiger partial charge in [0.25, 0.3) is 0 Å². The molecule has 0 saturated carbocycles. The minimum absolute atomic E-state index is 0.183. The lowest BCUT2D eigenvalue weighted by atomic mass is 10.3. The molecule has 2 aromatic rings. The number of hydrogen-bond donors (Lipinski definition) is 0. The van der Waals surface area contributed by atoms with E-state index in [1.807, 2.05) is 18.2 Å². The maximum atomic E-state index is 13.1. The number of benzene rings is 2. The van der Waals surface area contributed by atoms with Crippen LogP contribution in [0.25, 0.3) is 0 Å². The summed E-state index contributed by atoms with van der Waals surface area (Å²) in [5, 5.41) is 0. The largest absolute Gasteiger partial charge is 0.487 e. The lowest BCUT2D eigenvalue weighted by molar-refractivity contribution is 0.255. The van der Waals surface area contributed by atoms with E-state index in [2.05, 4.69) is 0 Å². The van der Waals surface area contributed by atoms with E-state index in [1.54, 1.807) is 18.2 Å². The molecule has 0 aromatic heterocycles. The number of hydrogen-bond acceptors (Lipinski definition) is 3. The van der Waals surface area contributed by atoms with Crippen LogP contribution in [-0.4, -0.2) is 19.3 Å². The van der Waals surface area contributed by atoms with E-state index in [4.69, 9.17) is 14.2 Å². The molecule has 1 heterocycles. The monoisotopic (exact) mass is 260 g/mol. The van der Waals surface area contributed by atoms with E-state index in [1.165, 1.54) is 12.1 Å². The summed E-state index contributed by atoms with van der Waals surface area (Å²) in [6.07, 6.45) is 0.183. The van der Waals surface area contributed by atoms with Gasteiger partial charge in [-0.3, -0.25) is 0 Å². The van der Waals surface area contributed by atoms with Crippen LogP contribution >= 0.6 is 0 Å². The summed E-state index contributed by atoms with van der Waals surface area (Å²) >= 11 is 0. The smallest absolute Gasteiger partial charge is 0.169 e. The van der Waals surface area contributed by atoms with E-state index in [0.717, 1.165) is 6.61 Å². The van der Waals surface area contributed by atoms with Crippen LogP contribution in [0.2, 0.25) is 0 Å². The summed E-state index contributed by atoms with van der Waals surface area (Å²) in [7, 11) is 0. The zero-order chi connectivity index (χ0) is 13.1. The van der Waals surface area contributed by atoms with E-state index >= 15 is 0 Å². The highest BCUT2D eigenvalue weighted by Crippen LogP contribution is 2.31. The van der Waals surface area contributed by atoms with Gasteiger partial charge in [-0.15, -0.1) is 0 Å². The van der Waals surface area contributed by atoms with E-state index in [0.29, 0.717) is 23.9 Å². The van der Waals surface area contributed by atoms with Gasteiger partial charge in [0.15, 0.2) is 11.5 Å². The maximum Gasteiger partial charge on any atom is 0.169 e. The standard InChI is InChI=1S/C15H13FO3/c16-11-4-3-5-12(8-11)19-15-7-2-1-6-14(15)18-10-13-9-17-13/h1-8,13H,9-10H2/t13-/m0/s1. The van der Waals surface area contributed by atoms with Gasteiger partial charge < -0.3 is 14.2 Å². The number of ether oxygens (including phenoxy) is 3. The van der Waals surface area contributed by atoms with Crippen molar-refractivity contribution < 1.29 is 18.6 Å². The molecule has 98 valence electrons. The summed E-state index contributed by atoms with van der Waals surface area (Å²) in [6, 6.07) is 13.3. The molecule has 0 N–H and O–H groups in total. The van der Waals surface area contributed by atoms with Crippen LogP contribution in [0.4, 0.5) is 4.39 Å². The van der Waals surface area contributed by atoms with Crippen LogP contribution in [0.5, 0.6) is 17.2 Å². The van der Waals surface area contributed by atoms with Crippen LogP contribution in [0.3, 0.4) is 0 Å². The molecule has 4 heteroatoms. The second kappa shape index (κ2) is 5.28. The Morgan fingerprint density at radius 3 is 2.63 bits per heavy atom. The fraction of sp³-hybridized carbons (Fsp3) is 0.200. The Labute approximate surface area is 110 Å². The molecular weight excluding hydrogens is 247 g/mol. The Morgan fingerprint density at radius 2 is 1.89 bits per heavy atom. The van der Waals surface area contributed by atoms with Crippen molar-refractivity contribution in [2.45, 2.75) is 6.10 Å². The summed E-state index contributed by atoms with van der Waals surface area (Å²) in [5.41, 5.74) is 0. The first-order valence-electron chi connectivity index (χ1n) is 6.08. The molecule has 1 fully saturated rings. The van der Waals surface area contributed by atoms with Gasteiger partial charge in [-0.25, -0.2) is 4.39 Å². The molecule has 0 amide bonds. The van der Waals surface area contributed by atoms with Crippen LogP contribution in [0, 0.1) is 5.82 Å². The van der Waals surface area contributed by atoms with Gasteiger partial charge >= 0.3 is 0 Å². The maximum absolute atomic E-state index is 13.1. The molecule has 0 radical (unpaired) electrons. The molecule has 3 rings (SSSR count). The van der Waals surface area contributed by atoms with Gasteiger partial charge in [0, 0.05) is 6.07 Å². The highest BCUT2D eigenvalue weighted by atomic mass is 19.1. The van der Waals surface area contributed by atoms with Crippen LogP contribution in [0.1, 0.15) is 0 Å². The van der Waals surface area contributed by atoms with Crippen LogP contribution in [0.15, 0.2) is 48.5 Å². The third-order valence-electron chi connectivity index (χ3n) is 2.70. The van der Waals surface area contributed by atoms with Gasteiger partial charge in [-0.1, -0.05) is 18.2 Å². The van der Waals surface area contributed by atoms with Crippen molar-refractivity contribution in [2.24, 2.45) is 0 Å². The summed E-state index contributed by atoms with van der Waals surface area (Å²) in [4.78, 5) is 0. The second-order valence-electron chi connectivity index (χ2n) is 4.27. The number of halogens is 1. The van der Waals surface area contributed by atoms with Gasteiger partial charge in [0.05, 0.1) is 6.61 Å². The first-order chi connectivity index (χ1) is 9.31. The fourth-order valence-corrected chi connectivity index (χ4v) is 1.66. The Hall–Kier alpha value is -2.07. The average molecular weight is 260 g/mol. The molecule has 1 atom stereocenters. The van der Waals surface area contributed by atoms with Crippen molar-refractivity contribution in [2.75, 3.05) is 13.2 Å². The fourth-order valence-electron chi connectivity index (χ4n) is 1.66. The molecular formula is C15H13FO3. The molecule has 0 bridgehead atoms. The number of para-hydroxylation sites is 2. The van der Waals surface area contributed by atoms with Crippen LogP contribution in [-0.2, 0) is 4.74 Å². The predicted octanol–water partition coefficient (Wildman–Crippen LogP) is 3.40. The van der Waals surface area contributed by atoms with Crippen molar-refractivity contribution in [1.82, 2.24) is 0 Å². The summed E-state index contributed by atoms with van der Waals surface area (Å²) in [5.74, 6) is 1.30. The molecule has 19 heavy (non-hydrogen) atoms. The topological polar surface area (TPSA) is 31.0 Å². The van der Waals surface area contributed by atoms with Crippen LogP contribution < -0.4 is 9.47 Å². The Morgan fingerprint density at radius 1 is 1.11 bits per heavy atom. The summed E-state index contributed by atoms with van der Waals surface area (Å²) < 4.78 is 29.5. The molecule has 1 aliphatic rings. The molecule has 0 spiro atoms. The number of rotatable bonds is 5. The van der Waals surface area contributed by atoms with Crippen molar-refractivity contribution in [3.8, 4) is 17.2 Å². The van der Waals surface area contributed by atoms with Gasteiger partial charge in [0.1, 0.15) is 24.3 Å². The lowest BCUT2D eigenvalue weighted by Crippen LogP contribution is -2.04. The third-order valence-corrected chi connectivity index (χ3v) is 2.70. The zero-order valence-electron chi connectivity index (χ0n) is 10.2. The van der Waals surface area contributed by atoms with Crippen molar-refractivity contribution in [3.63, 3.8) is 0 Å². The normalized spacial score (nSPS) is 17.0. The van der Waals surface area contributed by atoms with E-state index in [-0.39, 0.29) is 11.9 Å². The van der Waals surface area contributed by atoms with E-state index < -0.39 is 0 Å². The Balaban J connectivity index is 1.75. The van der Waals surface area contributed by atoms with Gasteiger partial charge in [-0.05, 0) is 24.3 Å². The molecule has 2 aromatic carbocycles. The molecule has 1 aliphatic heterocycles. The highest BCUT2D eigenvalue weighted by molar-refractivity contribution is 5.42. The zero-order valence-corrected chi connectivity index (χ0v) is 10.2. The predicted molar refractivity (Wildman–Crippen MR) is 68.2 cm³/mol. The number of epoxide rings is 1. The molecule has 0 unspecified atom stereocenters.